The maximum Gasteiger partial charge on any atom is 0.337 e. The molecule has 0 fully saturated rings. The summed E-state index contributed by atoms with van der Waals surface area (Å²) in [5.41, 5.74) is 11.0. The maximum absolute atomic E-state index is 11.5. The zero-order valence-electron chi connectivity index (χ0n) is 14.8. The third-order valence-corrected chi connectivity index (χ3v) is 4.25. The molecule has 0 spiro atoms. The van der Waals surface area contributed by atoms with E-state index < -0.39 is 0 Å². The number of anilines is 1. The van der Waals surface area contributed by atoms with Crippen LogP contribution in [0, 0.1) is 6.92 Å². The molecule has 2 rings (SSSR count). The lowest BCUT2D eigenvalue weighted by molar-refractivity contribution is 0.0600. The average Bonchev–Trinajstić information content (AvgIpc) is 2.59. The number of benzene rings is 1. The van der Waals surface area contributed by atoms with Gasteiger partial charge in [0.05, 0.1) is 12.7 Å². The van der Waals surface area contributed by atoms with Crippen LogP contribution in [0.1, 0.15) is 58.9 Å². The first-order valence-electron chi connectivity index (χ1n) is 8.47. The summed E-state index contributed by atoms with van der Waals surface area (Å²) in [5.74, 6) is 0.332. The molecular formula is C20H26N2O2. The standard InChI is InChI=1S/C20H26N2O2/c1-4-5-6-7-17-13-18(14(2)22-19(17)21)12-15-8-10-16(11-9-15)20(23)24-3/h8-11,13H,4-7,12H2,1-3H3,(H2,21,22). The van der Waals surface area contributed by atoms with Crippen LogP contribution in [0.4, 0.5) is 5.82 Å². The Balaban J connectivity index is 2.16. The summed E-state index contributed by atoms with van der Waals surface area (Å²) in [4.78, 5) is 16.0. The van der Waals surface area contributed by atoms with E-state index in [1.165, 1.54) is 25.5 Å². The van der Waals surface area contributed by atoms with E-state index >= 15 is 0 Å². The predicted octanol–water partition coefficient (Wildman–Crippen LogP) is 4.08. The monoisotopic (exact) mass is 326 g/mol. The van der Waals surface area contributed by atoms with Crippen molar-refractivity contribution < 1.29 is 9.53 Å². The number of carbonyl (C=O) groups is 1. The van der Waals surface area contributed by atoms with Crippen molar-refractivity contribution in [2.24, 2.45) is 0 Å². The van der Waals surface area contributed by atoms with Crippen LogP contribution >= 0.6 is 0 Å². The Morgan fingerprint density at radius 3 is 2.50 bits per heavy atom. The van der Waals surface area contributed by atoms with Crippen LogP contribution in [-0.4, -0.2) is 18.1 Å². The average molecular weight is 326 g/mol. The number of rotatable bonds is 7. The van der Waals surface area contributed by atoms with Crippen LogP contribution < -0.4 is 5.73 Å². The Hall–Kier alpha value is -2.36. The number of nitrogens with zero attached hydrogens (tertiary/aromatic N) is 1. The largest absolute Gasteiger partial charge is 0.465 e. The number of pyridine rings is 1. The number of methoxy groups -OCH3 is 1. The summed E-state index contributed by atoms with van der Waals surface area (Å²) < 4.78 is 4.73. The number of nitrogen functional groups attached to an aromatic ring is 1. The molecule has 2 N–H and O–H groups in total. The molecule has 128 valence electrons. The molecule has 0 amide bonds. The molecule has 1 aromatic heterocycles. The second-order valence-electron chi connectivity index (χ2n) is 6.10. The van der Waals surface area contributed by atoms with Crippen LogP contribution in [0.3, 0.4) is 0 Å². The smallest absolute Gasteiger partial charge is 0.337 e. The molecule has 0 atom stereocenters. The van der Waals surface area contributed by atoms with Crippen LogP contribution in [-0.2, 0) is 17.6 Å². The second kappa shape index (κ2) is 8.48. The number of hydrogen-bond donors (Lipinski definition) is 1. The number of aromatic nitrogens is 1. The van der Waals surface area contributed by atoms with E-state index in [4.69, 9.17) is 10.5 Å². The molecule has 4 nitrogen and oxygen atoms in total. The number of aryl methyl sites for hydroxylation is 2. The van der Waals surface area contributed by atoms with Crippen LogP contribution in [0.5, 0.6) is 0 Å². The Morgan fingerprint density at radius 2 is 1.88 bits per heavy atom. The van der Waals surface area contributed by atoms with E-state index in [0.29, 0.717) is 11.4 Å². The van der Waals surface area contributed by atoms with E-state index in [1.54, 1.807) is 12.1 Å². The minimum atomic E-state index is -0.315. The fourth-order valence-electron chi connectivity index (χ4n) is 2.75. The van der Waals surface area contributed by atoms with E-state index in [9.17, 15) is 4.79 Å². The van der Waals surface area contributed by atoms with Crippen LogP contribution in [0.25, 0.3) is 0 Å². The number of nitrogens with two attached hydrogens (primary N) is 1. The molecular weight excluding hydrogens is 300 g/mol. The fraction of sp³-hybridized carbons (Fsp3) is 0.400. The van der Waals surface area contributed by atoms with Crippen molar-refractivity contribution in [1.82, 2.24) is 4.98 Å². The lowest BCUT2D eigenvalue weighted by Gasteiger charge is -2.11. The van der Waals surface area contributed by atoms with Crippen molar-refractivity contribution in [2.45, 2.75) is 46.0 Å². The van der Waals surface area contributed by atoms with Gasteiger partial charge in [-0.25, -0.2) is 9.78 Å². The summed E-state index contributed by atoms with van der Waals surface area (Å²) in [7, 11) is 1.39. The van der Waals surface area contributed by atoms with Gasteiger partial charge in [0.2, 0.25) is 0 Å². The number of carbonyl (C=O) groups excluding carboxylic acids is 1. The van der Waals surface area contributed by atoms with Gasteiger partial charge in [-0.1, -0.05) is 38.0 Å². The number of ether oxygens (including phenoxy) is 1. The van der Waals surface area contributed by atoms with Gasteiger partial charge in [0.15, 0.2) is 0 Å². The number of esters is 1. The maximum atomic E-state index is 11.5. The highest BCUT2D eigenvalue weighted by Gasteiger charge is 2.09. The van der Waals surface area contributed by atoms with Crippen molar-refractivity contribution in [1.29, 1.82) is 0 Å². The van der Waals surface area contributed by atoms with Gasteiger partial charge in [-0.3, -0.25) is 0 Å². The van der Waals surface area contributed by atoms with Gasteiger partial charge >= 0.3 is 5.97 Å². The highest BCUT2D eigenvalue weighted by atomic mass is 16.5. The van der Waals surface area contributed by atoms with Crippen molar-refractivity contribution in [3.05, 3.63) is 58.3 Å². The Bertz CT molecular complexity index is 694. The third-order valence-electron chi connectivity index (χ3n) is 4.25. The van der Waals surface area contributed by atoms with E-state index in [0.717, 1.165) is 36.1 Å². The summed E-state index contributed by atoms with van der Waals surface area (Å²) >= 11 is 0. The van der Waals surface area contributed by atoms with Gasteiger partial charge in [-0.15, -0.1) is 0 Å². The summed E-state index contributed by atoms with van der Waals surface area (Å²) in [6, 6.07) is 9.69. The molecule has 0 bridgehead atoms. The van der Waals surface area contributed by atoms with Gasteiger partial charge in [0.25, 0.3) is 0 Å². The highest BCUT2D eigenvalue weighted by Crippen LogP contribution is 2.20. The Labute approximate surface area is 144 Å². The second-order valence-corrected chi connectivity index (χ2v) is 6.10. The van der Waals surface area contributed by atoms with Gasteiger partial charge in [0, 0.05) is 5.69 Å². The molecule has 2 aromatic rings. The zero-order chi connectivity index (χ0) is 17.5. The van der Waals surface area contributed by atoms with Gasteiger partial charge < -0.3 is 10.5 Å². The molecule has 24 heavy (non-hydrogen) atoms. The van der Waals surface area contributed by atoms with Crippen LogP contribution in [0.2, 0.25) is 0 Å². The van der Waals surface area contributed by atoms with Crippen molar-refractivity contribution >= 4 is 11.8 Å². The van der Waals surface area contributed by atoms with E-state index in [1.807, 2.05) is 19.1 Å². The van der Waals surface area contributed by atoms with E-state index in [-0.39, 0.29) is 5.97 Å². The van der Waals surface area contributed by atoms with Gasteiger partial charge in [-0.05, 0) is 55.0 Å². The third kappa shape index (κ3) is 4.57. The zero-order valence-corrected chi connectivity index (χ0v) is 14.8. The molecule has 0 aliphatic carbocycles. The number of unbranched alkanes of at least 4 members (excludes halogenated alkanes) is 2. The molecule has 0 radical (unpaired) electrons. The quantitative estimate of drug-likeness (QED) is 0.615. The molecule has 0 saturated heterocycles. The summed E-state index contributed by atoms with van der Waals surface area (Å²) in [6.07, 6.45) is 5.29. The van der Waals surface area contributed by atoms with Crippen molar-refractivity contribution in [3.8, 4) is 0 Å². The van der Waals surface area contributed by atoms with Crippen molar-refractivity contribution in [3.63, 3.8) is 0 Å². The van der Waals surface area contributed by atoms with Gasteiger partial charge in [0.1, 0.15) is 5.82 Å². The molecule has 0 aliphatic heterocycles. The fourth-order valence-corrected chi connectivity index (χ4v) is 2.75. The Kier molecular flexibility index (Phi) is 6.36. The summed E-state index contributed by atoms with van der Waals surface area (Å²) in [6.45, 7) is 4.19. The van der Waals surface area contributed by atoms with Gasteiger partial charge in [-0.2, -0.15) is 0 Å². The Morgan fingerprint density at radius 1 is 1.17 bits per heavy atom. The molecule has 0 aliphatic rings. The predicted molar refractivity (Wildman–Crippen MR) is 97.2 cm³/mol. The first-order chi connectivity index (χ1) is 11.5. The minimum Gasteiger partial charge on any atom is -0.465 e. The molecule has 0 saturated carbocycles. The first-order valence-corrected chi connectivity index (χ1v) is 8.47. The molecule has 1 aromatic carbocycles. The molecule has 1 heterocycles. The topological polar surface area (TPSA) is 65.2 Å². The van der Waals surface area contributed by atoms with Crippen molar-refractivity contribution in [2.75, 3.05) is 12.8 Å². The lowest BCUT2D eigenvalue weighted by atomic mass is 9.99. The molecule has 4 heteroatoms. The SMILES string of the molecule is CCCCCc1cc(Cc2ccc(C(=O)OC)cc2)c(C)nc1N. The highest BCUT2D eigenvalue weighted by molar-refractivity contribution is 5.89. The summed E-state index contributed by atoms with van der Waals surface area (Å²) in [5, 5.41) is 0. The van der Waals surface area contributed by atoms with E-state index in [2.05, 4.69) is 18.0 Å². The van der Waals surface area contributed by atoms with Crippen LogP contribution in [0.15, 0.2) is 30.3 Å². The number of hydrogen-bond acceptors (Lipinski definition) is 4. The molecule has 0 unspecified atom stereocenters. The normalized spacial score (nSPS) is 10.6. The minimum absolute atomic E-state index is 0.315. The lowest BCUT2D eigenvalue weighted by Crippen LogP contribution is -2.05. The first kappa shape index (κ1) is 18.0.